The van der Waals surface area contributed by atoms with Crippen LogP contribution in [0.1, 0.15) is 11.3 Å². The zero-order chi connectivity index (χ0) is 17.9. The molecule has 1 aromatic carbocycles. The van der Waals surface area contributed by atoms with Gasteiger partial charge in [-0.2, -0.15) is 11.3 Å². The molecule has 0 saturated heterocycles. The third-order valence-corrected chi connectivity index (χ3v) is 5.61. The molecule has 0 amide bonds. The lowest BCUT2D eigenvalue weighted by molar-refractivity contribution is -0.144. The van der Waals surface area contributed by atoms with Gasteiger partial charge < -0.3 is 14.2 Å². The second kappa shape index (κ2) is 7.65. The number of benzene rings is 1. The van der Waals surface area contributed by atoms with Crippen molar-refractivity contribution < 1.29 is 19.0 Å². The number of hydrogen-bond donors (Lipinski definition) is 0. The summed E-state index contributed by atoms with van der Waals surface area (Å²) in [4.78, 5) is 16.6. The van der Waals surface area contributed by atoms with Crippen LogP contribution in [0.4, 0.5) is 0 Å². The standard InChI is InChI=1S/C18H14ClNO4S2/c19-14-5-11(6-15-17(14)23-3-2-22-15)8-24-16(21)7-13-10-26-18(20-13)12-1-4-25-9-12/h1,4-6,9-10H,2-3,7-8H2. The number of thiophene rings is 1. The van der Waals surface area contributed by atoms with Gasteiger partial charge in [-0.05, 0) is 29.1 Å². The van der Waals surface area contributed by atoms with E-state index in [4.69, 9.17) is 25.8 Å². The molecule has 1 aliphatic heterocycles. The maximum absolute atomic E-state index is 12.1. The van der Waals surface area contributed by atoms with Crippen molar-refractivity contribution in [3.8, 4) is 22.1 Å². The number of esters is 1. The number of hydrogen-bond acceptors (Lipinski definition) is 7. The topological polar surface area (TPSA) is 57.7 Å². The summed E-state index contributed by atoms with van der Waals surface area (Å²) in [5, 5.41) is 7.28. The third kappa shape index (κ3) is 3.85. The van der Waals surface area contributed by atoms with E-state index < -0.39 is 0 Å². The zero-order valence-corrected chi connectivity index (χ0v) is 16.0. The molecule has 0 atom stereocenters. The zero-order valence-electron chi connectivity index (χ0n) is 13.6. The van der Waals surface area contributed by atoms with Crippen molar-refractivity contribution in [2.45, 2.75) is 13.0 Å². The van der Waals surface area contributed by atoms with Crippen molar-refractivity contribution in [3.63, 3.8) is 0 Å². The van der Waals surface area contributed by atoms with E-state index >= 15 is 0 Å². The first-order chi connectivity index (χ1) is 12.7. The molecule has 4 rings (SSSR count). The maximum Gasteiger partial charge on any atom is 0.312 e. The van der Waals surface area contributed by atoms with Crippen molar-refractivity contribution >= 4 is 40.2 Å². The van der Waals surface area contributed by atoms with E-state index in [1.165, 1.54) is 11.3 Å². The molecular weight excluding hydrogens is 394 g/mol. The van der Waals surface area contributed by atoms with Gasteiger partial charge in [-0.15, -0.1) is 11.3 Å². The van der Waals surface area contributed by atoms with E-state index in [0.717, 1.165) is 16.1 Å². The van der Waals surface area contributed by atoms with Crippen LogP contribution in [0.25, 0.3) is 10.6 Å². The van der Waals surface area contributed by atoms with Crippen LogP contribution >= 0.6 is 34.3 Å². The second-order valence-corrected chi connectivity index (χ2v) is 7.64. The fraction of sp³-hybridized carbons (Fsp3) is 0.222. The van der Waals surface area contributed by atoms with Crippen molar-refractivity contribution in [2.24, 2.45) is 0 Å². The molecule has 8 heteroatoms. The van der Waals surface area contributed by atoms with Gasteiger partial charge in [-0.1, -0.05) is 11.6 Å². The van der Waals surface area contributed by atoms with Crippen molar-refractivity contribution in [2.75, 3.05) is 13.2 Å². The third-order valence-electron chi connectivity index (χ3n) is 3.70. The van der Waals surface area contributed by atoms with Gasteiger partial charge in [0.15, 0.2) is 11.5 Å². The number of fused-ring (bicyclic) bond motifs is 1. The smallest absolute Gasteiger partial charge is 0.312 e. The Hall–Kier alpha value is -2.09. The lowest BCUT2D eigenvalue weighted by Crippen LogP contribution is -2.16. The summed E-state index contributed by atoms with van der Waals surface area (Å²) in [5.74, 6) is 0.782. The summed E-state index contributed by atoms with van der Waals surface area (Å²) in [6.07, 6.45) is 0.138. The van der Waals surface area contributed by atoms with Crippen LogP contribution in [0.3, 0.4) is 0 Å². The van der Waals surface area contributed by atoms with Crippen LogP contribution in [0.15, 0.2) is 34.3 Å². The molecule has 0 aliphatic carbocycles. The number of thiazole rings is 1. The van der Waals surface area contributed by atoms with Crippen LogP contribution in [0.5, 0.6) is 11.5 Å². The summed E-state index contributed by atoms with van der Waals surface area (Å²) in [6, 6.07) is 5.52. The Labute approximate surface area is 163 Å². The van der Waals surface area contributed by atoms with E-state index in [2.05, 4.69) is 4.98 Å². The maximum atomic E-state index is 12.1. The highest BCUT2D eigenvalue weighted by molar-refractivity contribution is 7.14. The van der Waals surface area contributed by atoms with Crippen molar-refractivity contribution in [3.05, 3.63) is 50.6 Å². The Kier molecular flexibility index (Phi) is 5.10. The Bertz CT molecular complexity index is 923. The van der Waals surface area contributed by atoms with Crippen LogP contribution in [0.2, 0.25) is 5.02 Å². The average molecular weight is 408 g/mol. The fourth-order valence-electron chi connectivity index (χ4n) is 2.52. The summed E-state index contributed by atoms with van der Waals surface area (Å²) in [7, 11) is 0. The van der Waals surface area contributed by atoms with Crippen LogP contribution < -0.4 is 9.47 Å². The number of rotatable bonds is 5. The largest absolute Gasteiger partial charge is 0.486 e. The first-order valence-corrected chi connectivity index (χ1v) is 10.1. The normalized spacial score (nSPS) is 12.8. The Morgan fingerprint density at radius 1 is 1.27 bits per heavy atom. The minimum atomic E-state index is -0.335. The molecule has 26 heavy (non-hydrogen) atoms. The van der Waals surface area contributed by atoms with E-state index in [1.807, 2.05) is 22.2 Å². The van der Waals surface area contributed by atoms with Gasteiger partial charge in [0, 0.05) is 16.3 Å². The van der Waals surface area contributed by atoms with Crippen LogP contribution in [-0.2, 0) is 22.6 Å². The number of nitrogens with zero attached hydrogens (tertiary/aromatic N) is 1. The van der Waals surface area contributed by atoms with E-state index in [-0.39, 0.29) is 19.0 Å². The molecule has 0 spiro atoms. The first kappa shape index (κ1) is 17.3. The Balaban J connectivity index is 1.36. The van der Waals surface area contributed by atoms with Crippen LogP contribution in [-0.4, -0.2) is 24.2 Å². The number of ether oxygens (including phenoxy) is 3. The highest BCUT2D eigenvalue weighted by atomic mass is 35.5. The summed E-state index contributed by atoms with van der Waals surface area (Å²) >= 11 is 9.33. The molecule has 3 heterocycles. The van der Waals surface area contributed by atoms with E-state index in [1.54, 1.807) is 23.5 Å². The number of halogens is 1. The molecule has 0 bridgehead atoms. The molecule has 0 saturated carbocycles. The Morgan fingerprint density at radius 2 is 2.15 bits per heavy atom. The summed E-state index contributed by atoms with van der Waals surface area (Å²) in [5.41, 5.74) is 2.54. The van der Waals surface area contributed by atoms with Gasteiger partial charge >= 0.3 is 5.97 Å². The second-order valence-electron chi connectivity index (χ2n) is 5.60. The summed E-state index contributed by atoms with van der Waals surface area (Å²) in [6.45, 7) is 1.07. The molecule has 5 nitrogen and oxygen atoms in total. The van der Waals surface area contributed by atoms with Gasteiger partial charge in [0.05, 0.1) is 17.1 Å². The molecule has 0 N–H and O–H groups in total. The highest BCUT2D eigenvalue weighted by Crippen LogP contribution is 2.38. The predicted octanol–water partition coefficient (Wildman–Crippen LogP) is 4.58. The van der Waals surface area contributed by atoms with Gasteiger partial charge in [-0.3, -0.25) is 4.79 Å². The van der Waals surface area contributed by atoms with E-state index in [9.17, 15) is 4.79 Å². The molecule has 3 aromatic rings. The van der Waals surface area contributed by atoms with Gasteiger partial charge in [0.1, 0.15) is 24.8 Å². The predicted molar refractivity (Wildman–Crippen MR) is 101 cm³/mol. The number of carbonyl (C=O) groups excluding carboxylic acids is 1. The minimum absolute atomic E-state index is 0.122. The minimum Gasteiger partial charge on any atom is -0.486 e. The number of carbonyl (C=O) groups is 1. The lowest BCUT2D eigenvalue weighted by atomic mass is 10.2. The monoisotopic (exact) mass is 407 g/mol. The summed E-state index contributed by atoms with van der Waals surface area (Å²) < 4.78 is 16.4. The van der Waals surface area contributed by atoms with Crippen molar-refractivity contribution in [1.82, 2.24) is 4.98 Å². The first-order valence-electron chi connectivity index (χ1n) is 7.89. The SMILES string of the molecule is O=C(Cc1csc(-c2ccsc2)n1)OCc1cc(Cl)c2c(c1)OCCO2. The molecule has 0 fully saturated rings. The van der Waals surface area contributed by atoms with E-state index in [0.29, 0.717) is 35.4 Å². The fourth-order valence-corrected chi connectivity index (χ4v) is 4.34. The quantitative estimate of drug-likeness (QED) is 0.579. The molecule has 134 valence electrons. The van der Waals surface area contributed by atoms with Gasteiger partial charge in [0.25, 0.3) is 0 Å². The molecule has 0 radical (unpaired) electrons. The average Bonchev–Trinajstić information content (AvgIpc) is 3.31. The molecular formula is C18H14ClNO4S2. The van der Waals surface area contributed by atoms with Crippen molar-refractivity contribution in [1.29, 1.82) is 0 Å². The van der Waals surface area contributed by atoms with Gasteiger partial charge in [0.2, 0.25) is 0 Å². The lowest BCUT2D eigenvalue weighted by Gasteiger charge is -2.20. The van der Waals surface area contributed by atoms with Gasteiger partial charge in [-0.25, -0.2) is 4.98 Å². The molecule has 2 aromatic heterocycles. The molecule has 1 aliphatic rings. The highest BCUT2D eigenvalue weighted by Gasteiger charge is 2.17. The number of aromatic nitrogens is 1. The van der Waals surface area contributed by atoms with Crippen LogP contribution in [0, 0.1) is 0 Å². The molecule has 0 unspecified atom stereocenters. The Morgan fingerprint density at radius 3 is 3.00 bits per heavy atom.